The van der Waals surface area contributed by atoms with Crippen molar-refractivity contribution < 1.29 is 3.89 Å². The lowest BCUT2D eigenvalue weighted by molar-refractivity contribution is 0.462. The zero-order chi connectivity index (χ0) is 28.1. The maximum atomic E-state index is 13.5. The molecule has 2 rings (SSSR count). The zero-order valence-electron chi connectivity index (χ0n) is 23.5. The molecule has 2 aromatic carbocycles. The molecular weight excluding hydrogens is 489 g/mol. The minimum absolute atomic E-state index is 0.204. The number of nitrogens with zero attached hydrogens (tertiary/aromatic N) is 1. The second-order valence-corrected chi connectivity index (χ2v) is 9.98. The molecule has 0 aliphatic heterocycles. The Labute approximate surface area is 233 Å². The van der Waals surface area contributed by atoms with Crippen molar-refractivity contribution in [3.8, 4) is 0 Å². The number of allylic oxidation sites excluding steroid dienone is 5. The van der Waals surface area contributed by atoms with Crippen LogP contribution < -0.4 is 10.6 Å². The summed E-state index contributed by atoms with van der Waals surface area (Å²) in [5.41, 5.74) is 8.45. The first-order chi connectivity index (χ1) is 18.2. The monoisotopic (exact) mass is 531 g/mol. The van der Waals surface area contributed by atoms with Crippen LogP contribution in [0.15, 0.2) is 108 Å². The van der Waals surface area contributed by atoms with Gasteiger partial charge in [0.15, 0.2) is 0 Å². The number of rotatable bonds is 15. The van der Waals surface area contributed by atoms with Gasteiger partial charge in [0.1, 0.15) is 5.82 Å². The summed E-state index contributed by atoms with van der Waals surface area (Å²) < 4.78 is 13.5. The molecule has 0 aliphatic carbocycles. The summed E-state index contributed by atoms with van der Waals surface area (Å²) >= 11 is 0.204. The minimum Gasteiger partial charge on any atom is -0.385 e. The largest absolute Gasteiger partial charge is 0.385 e. The molecule has 0 aromatic heterocycles. The van der Waals surface area contributed by atoms with E-state index >= 15 is 0 Å². The summed E-state index contributed by atoms with van der Waals surface area (Å²) in [6, 6.07) is 16.5. The highest BCUT2D eigenvalue weighted by Gasteiger charge is 2.12. The minimum atomic E-state index is 0.204. The highest BCUT2D eigenvalue weighted by molar-refractivity contribution is 7.98. The Hall–Kier alpha value is -3.44. The fourth-order valence-corrected chi connectivity index (χ4v) is 4.25. The third-order valence-corrected chi connectivity index (χ3v) is 7.20. The molecule has 0 bridgehead atoms. The van der Waals surface area contributed by atoms with Gasteiger partial charge >= 0.3 is 0 Å². The Morgan fingerprint density at radius 3 is 2.16 bits per heavy atom. The first-order valence-electron chi connectivity index (χ1n) is 12.9. The average molecular weight is 532 g/mol. The lowest BCUT2D eigenvalue weighted by Gasteiger charge is -2.26. The normalized spacial score (nSPS) is 12.5. The lowest BCUT2D eigenvalue weighted by atomic mass is 10.0. The second kappa shape index (κ2) is 15.7. The van der Waals surface area contributed by atoms with E-state index in [1.807, 2.05) is 37.1 Å². The predicted molar refractivity (Wildman–Crippen MR) is 167 cm³/mol. The van der Waals surface area contributed by atoms with E-state index in [4.69, 9.17) is 0 Å². The summed E-state index contributed by atoms with van der Waals surface area (Å²) in [4.78, 5) is 2.44. The lowest BCUT2D eigenvalue weighted by Crippen LogP contribution is -2.29. The van der Waals surface area contributed by atoms with Gasteiger partial charge in [0.05, 0.1) is 17.1 Å². The molecule has 202 valence electrons. The maximum absolute atomic E-state index is 13.5. The van der Waals surface area contributed by atoms with Crippen LogP contribution in [0.1, 0.15) is 48.9 Å². The third kappa shape index (κ3) is 9.14. The maximum Gasteiger partial charge on any atom is 0.106 e. The van der Waals surface area contributed by atoms with Crippen molar-refractivity contribution in [3.05, 3.63) is 130 Å². The number of hydrogen-bond donors (Lipinski definition) is 2. The molecule has 0 saturated carbocycles. The smallest absolute Gasteiger partial charge is 0.106 e. The fraction of sp³-hybridized carbons (Fsp3) is 0.273. The number of nitrogens with one attached hydrogen (secondary N) is 2. The van der Waals surface area contributed by atoms with Crippen LogP contribution in [0, 0.1) is 13.8 Å². The number of halogens is 1. The van der Waals surface area contributed by atoms with Gasteiger partial charge in [0.2, 0.25) is 0 Å². The molecule has 0 saturated heterocycles. The SMILES string of the molecule is C=C/C(SF)=C(/C)N(C)/C(=C\C(=C)c1ccccc1C)NCCCCNC(=C)/C(C)=C/c1ccccc1C. The first kappa shape index (κ1) is 30.8. The van der Waals surface area contributed by atoms with Crippen molar-refractivity contribution in [2.45, 2.75) is 40.5 Å². The molecule has 5 heteroatoms. The van der Waals surface area contributed by atoms with Gasteiger partial charge in [-0.1, -0.05) is 74.3 Å². The molecule has 0 spiro atoms. The van der Waals surface area contributed by atoms with Crippen molar-refractivity contribution in [3.63, 3.8) is 0 Å². The summed E-state index contributed by atoms with van der Waals surface area (Å²) in [5, 5.41) is 6.99. The van der Waals surface area contributed by atoms with E-state index in [0.717, 1.165) is 65.4 Å². The van der Waals surface area contributed by atoms with Crippen LogP contribution in [0.2, 0.25) is 0 Å². The van der Waals surface area contributed by atoms with E-state index in [2.05, 4.69) is 93.6 Å². The van der Waals surface area contributed by atoms with Gasteiger partial charge in [-0.15, -0.1) is 0 Å². The molecular formula is C33H42FN3S. The fourth-order valence-electron chi connectivity index (χ4n) is 3.94. The molecule has 0 amide bonds. The Bertz CT molecular complexity index is 1220. The first-order valence-corrected chi connectivity index (χ1v) is 13.6. The van der Waals surface area contributed by atoms with Gasteiger partial charge in [0.25, 0.3) is 0 Å². The molecule has 0 radical (unpaired) electrons. The number of aryl methyl sites for hydroxylation is 2. The van der Waals surface area contributed by atoms with Crippen molar-refractivity contribution in [1.82, 2.24) is 15.5 Å². The quantitative estimate of drug-likeness (QED) is 0.178. The van der Waals surface area contributed by atoms with E-state index < -0.39 is 0 Å². The van der Waals surface area contributed by atoms with Crippen LogP contribution in [0.4, 0.5) is 3.89 Å². The highest BCUT2D eigenvalue weighted by Crippen LogP contribution is 2.26. The zero-order valence-corrected chi connectivity index (χ0v) is 24.4. The van der Waals surface area contributed by atoms with E-state index in [1.54, 1.807) is 6.08 Å². The third-order valence-electron chi connectivity index (χ3n) is 6.58. The Morgan fingerprint density at radius 2 is 1.55 bits per heavy atom. The summed E-state index contributed by atoms with van der Waals surface area (Å²) in [6.45, 7) is 22.0. The van der Waals surface area contributed by atoms with Crippen molar-refractivity contribution >= 4 is 23.8 Å². The van der Waals surface area contributed by atoms with E-state index in [-0.39, 0.29) is 12.1 Å². The van der Waals surface area contributed by atoms with E-state index in [1.165, 1.54) is 11.1 Å². The van der Waals surface area contributed by atoms with Gasteiger partial charge in [0, 0.05) is 31.5 Å². The molecule has 0 heterocycles. The van der Waals surface area contributed by atoms with Crippen LogP contribution in [-0.4, -0.2) is 25.0 Å². The van der Waals surface area contributed by atoms with Gasteiger partial charge in [-0.25, -0.2) is 0 Å². The van der Waals surface area contributed by atoms with E-state index in [0.29, 0.717) is 4.91 Å². The van der Waals surface area contributed by atoms with Gasteiger partial charge in [-0.05, 0) is 86.1 Å². The van der Waals surface area contributed by atoms with E-state index in [9.17, 15) is 3.89 Å². The van der Waals surface area contributed by atoms with Gasteiger partial charge in [-0.3, -0.25) is 0 Å². The molecule has 3 nitrogen and oxygen atoms in total. The van der Waals surface area contributed by atoms with Crippen molar-refractivity contribution in [2.24, 2.45) is 0 Å². The average Bonchev–Trinajstić information content (AvgIpc) is 2.91. The molecule has 2 N–H and O–H groups in total. The van der Waals surface area contributed by atoms with Crippen LogP contribution in [0.3, 0.4) is 0 Å². The highest BCUT2D eigenvalue weighted by atomic mass is 32.2. The second-order valence-electron chi connectivity index (χ2n) is 9.38. The molecule has 38 heavy (non-hydrogen) atoms. The Balaban J connectivity index is 2.00. The molecule has 0 atom stereocenters. The number of unbranched alkanes of at least 4 members (excludes halogenated alkanes) is 1. The van der Waals surface area contributed by atoms with Crippen LogP contribution in [0.25, 0.3) is 11.6 Å². The topological polar surface area (TPSA) is 27.3 Å². The molecule has 0 unspecified atom stereocenters. The Kier molecular flexibility index (Phi) is 12.7. The van der Waals surface area contributed by atoms with Crippen LogP contribution >= 0.6 is 12.1 Å². The van der Waals surface area contributed by atoms with Gasteiger partial charge < -0.3 is 15.5 Å². The van der Waals surface area contributed by atoms with Crippen LogP contribution in [0.5, 0.6) is 0 Å². The summed E-state index contributed by atoms with van der Waals surface area (Å²) in [7, 11) is 1.92. The van der Waals surface area contributed by atoms with Crippen molar-refractivity contribution in [1.29, 1.82) is 0 Å². The Morgan fingerprint density at radius 1 is 0.947 bits per heavy atom. The summed E-state index contributed by atoms with van der Waals surface area (Å²) in [5.74, 6) is 0.860. The number of hydrogen-bond acceptors (Lipinski definition) is 4. The molecule has 2 aromatic rings. The molecule has 0 aliphatic rings. The van der Waals surface area contributed by atoms with Crippen molar-refractivity contribution in [2.75, 3.05) is 20.1 Å². The van der Waals surface area contributed by atoms with Crippen LogP contribution in [-0.2, 0) is 0 Å². The molecule has 0 fully saturated rings. The predicted octanol–water partition coefficient (Wildman–Crippen LogP) is 8.70. The van der Waals surface area contributed by atoms with Gasteiger partial charge in [-0.2, -0.15) is 3.89 Å². The number of benzene rings is 2. The standard InChI is InChI=1S/C33H42FN3S/c1-9-32(38-34)29(7)37(8)33(23-27(5)31-19-13-11-17-25(31)3)36-21-15-14-20-35-28(6)26(4)22-30-18-12-10-16-24(30)2/h9-13,16-19,22-23,35-36H,1,5-6,14-15,20-21H2,2-4,7-8H3/b26-22+,32-29+,33-23-. The summed E-state index contributed by atoms with van der Waals surface area (Å²) in [6.07, 6.45) is 7.67.